The first-order valence-corrected chi connectivity index (χ1v) is 15.7. The van der Waals surface area contributed by atoms with Crippen molar-refractivity contribution in [1.29, 1.82) is 0 Å². The molecular formula is C36H44N2O9. The van der Waals surface area contributed by atoms with E-state index in [1.54, 1.807) is 38.1 Å². The summed E-state index contributed by atoms with van der Waals surface area (Å²) in [6, 6.07) is 26.6. The van der Waals surface area contributed by atoms with Crippen molar-refractivity contribution in [2.45, 2.75) is 62.3 Å². The number of hydrogen-bond acceptors (Lipinski definition) is 9. The number of carbonyl (C=O) groups excluding carboxylic acids is 2. The standard InChI is InChI=1S/C36H44N2O9/c1-6-46-36(38-23-34(2,32(40)37-33(38)41)29(44-4)25-18-12-8-13-19-25)22-35(42,30(45-5)26-20-14-9-15-21-26)31(47-36)27(39)28(43-3)24-16-10-7-11-17-24/h7-21,27-31,39,42H,6,22-23H2,1-5H3,(H,37,40,41)/t27?,28?,29?,30?,31-,34?,35-,36-/m1/s1. The number of carbonyl (C=O) groups is 2. The van der Waals surface area contributed by atoms with Crippen molar-refractivity contribution in [3.8, 4) is 0 Å². The summed E-state index contributed by atoms with van der Waals surface area (Å²) in [4.78, 5) is 28.7. The van der Waals surface area contributed by atoms with Crippen LogP contribution >= 0.6 is 0 Å². The Hall–Kier alpha value is -3.68. The van der Waals surface area contributed by atoms with E-state index < -0.39 is 59.4 Å². The molecular weight excluding hydrogens is 604 g/mol. The third-order valence-corrected chi connectivity index (χ3v) is 9.27. The van der Waals surface area contributed by atoms with E-state index in [4.69, 9.17) is 23.7 Å². The number of methoxy groups -OCH3 is 3. The largest absolute Gasteiger partial charge is 0.387 e. The first-order chi connectivity index (χ1) is 22.6. The van der Waals surface area contributed by atoms with E-state index in [9.17, 15) is 19.8 Å². The van der Waals surface area contributed by atoms with Crippen LogP contribution < -0.4 is 5.32 Å². The number of rotatable bonds is 13. The number of nitrogens with zero attached hydrogens (tertiary/aromatic N) is 1. The Morgan fingerprint density at radius 3 is 1.85 bits per heavy atom. The van der Waals surface area contributed by atoms with Crippen LogP contribution in [0.25, 0.3) is 0 Å². The van der Waals surface area contributed by atoms with Crippen molar-refractivity contribution in [1.82, 2.24) is 10.2 Å². The van der Waals surface area contributed by atoms with Crippen LogP contribution in [0.4, 0.5) is 4.79 Å². The summed E-state index contributed by atoms with van der Waals surface area (Å²) in [6.45, 7) is 3.30. The van der Waals surface area contributed by atoms with Gasteiger partial charge in [0, 0.05) is 34.5 Å². The van der Waals surface area contributed by atoms with Crippen molar-refractivity contribution in [3.63, 3.8) is 0 Å². The van der Waals surface area contributed by atoms with Gasteiger partial charge in [0.2, 0.25) is 5.91 Å². The minimum Gasteiger partial charge on any atom is -0.387 e. The van der Waals surface area contributed by atoms with Crippen LogP contribution in [0.2, 0.25) is 0 Å². The van der Waals surface area contributed by atoms with Crippen LogP contribution in [0.5, 0.6) is 0 Å². The van der Waals surface area contributed by atoms with Gasteiger partial charge < -0.3 is 33.9 Å². The van der Waals surface area contributed by atoms with Crippen molar-refractivity contribution in [3.05, 3.63) is 108 Å². The lowest BCUT2D eigenvalue weighted by atomic mass is 9.77. The molecule has 3 N–H and O–H groups in total. The zero-order chi connectivity index (χ0) is 33.8. The number of imide groups is 1. The van der Waals surface area contributed by atoms with Gasteiger partial charge in [0.05, 0.1) is 17.9 Å². The lowest BCUT2D eigenvalue weighted by molar-refractivity contribution is -0.308. The molecule has 2 heterocycles. The van der Waals surface area contributed by atoms with Crippen molar-refractivity contribution >= 4 is 11.9 Å². The van der Waals surface area contributed by atoms with Crippen molar-refractivity contribution in [2.75, 3.05) is 34.5 Å². The van der Waals surface area contributed by atoms with Gasteiger partial charge in [-0.1, -0.05) is 91.0 Å². The molecule has 0 aliphatic carbocycles. The molecule has 2 saturated heterocycles. The van der Waals surface area contributed by atoms with Gasteiger partial charge in [-0.15, -0.1) is 0 Å². The molecule has 0 aromatic heterocycles. The minimum absolute atomic E-state index is 0.0646. The molecule has 0 bridgehead atoms. The lowest BCUT2D eigenvalue weighted by Crippen LogP contribution is -2.68. The molecule has 0 spiro atoms. The fraction of sp³-hybridized carbons (Fsp3) is 0.444. The summed E-state index contributed by atoms with van der Waals surface area (Å²) in [7, 11) is 4.42. The Morgan fingerprint density at radius 2 is 1.36 bits per heavy atom. The molecule has 5 rings (SSSR count). The molecule has 11 nitrogen and oxygen atoms in total. The van der Waals surface area contributed by atoms with E-state index in [1.807, 2.05) is 66.7 Å². The molecule has 47 heavy (non-hydrogen) atoms. The first kappa shape index (κ1) is 34.6. The summed E-state index contributed by atoms with van der Waals surface area (Å²) >= 11 is 0. The Balaban J connectivity index is 1.62. The number of urea groups is 1. The zero-order valence-electron chi connectivity index (χ0n) is 27.4. The average Bonchev–Trinajstić information content (AvgIpc) is 3.38. The predicted molar refractivity (Wildman–Crippen MR) is 172 cm³/mol. The van der Waals surface area contributed by atoms with Crippen LogP contribution in [-0.4, -0.2) is 85.3 Å². The highest BCUT2D eigenvalue weighted by molar-refractivity contribution is 6.00. The quantitative estimate of drug-likeness (QED) is 0.248. The van der Waals surface area contributed by atoms with Crippen LogP contribution in [0.15, 0.2) is 91.0 Å². The number of hydrogen-bond donors (Lipinski definition) is 3. The van der Waals surface area contributed by atoms with Gasteiger partial charge in [-0.3, -0.25) is 15.0 Å². The predicted octanol–water partition coefficient (Wildman–Crippen LogP) is 4.28. The first-order valence-electron chi connectivity index (χ1n) is 15.7. The van der Waals surface area contributed by atoms with E-state index in [0.29, 0.717) is 11.1 Å². The molecule has 8 atom stereocenters. The normalized spacial score (nSPS) is 28.8. The highest BCUT2D eigenvalue weighted by atomic mass is 16.7. The summed E-state index contributed by atoms with van der Waals surface area (Å²) in [5, 5.41) is 27.4. The van der Waals surface area contributed by atoms with Gasteiger partial charge >= 0.3 is 6.03 Å². The Kier molecular flexibility index (Phi) is 10.5. The summed E-state index contributed by atoms with van der Waals surface area (Å²) in [6.07, 6.45) is -5.94. The molecule has 11 heteroatoms. The zero-order valence-corrected chi connectivity index (χ0v) is 27.4. The van der Waals surface area contributed by atoms with E-state index in [0.717, 1.165) is 5.56 Å². The molecule has 0 radical (unpaired) electrons. The van der Waals surface area contributed by atoms with Gasteiger partial charge in [0.25, 0.3) is 5.91 Å². The molecule has 2 fully saturated rings. The van der Waals surface area contributed by atoms with Crippen LogP contribution in [0, 0.1) is 5.41 Å². The van der Waals surface area contributed by atoms with Crippen LogP contribution in [0.3, 0.4) is 0 Å². The maximum absolute atomic E-state index is 13.8. The Labute approximate surface area is 275 Å². The second-order valence-corrected chi connectivity index (χ2v) is 12.2. The molecule has 2 aliphatic rings. The number of nitrogens with one attached hydrogen (secondary N) is 1. The smallest absolute Gasteiger partial charge is 0.328 e. The Bertz CT molecular complexity index is 1500. The summed E-state index contributed by atoms with van der Waals surface area (Å²) < 4.78 is 30.6. The number of aliphatic hydroxyl groups excluding tert-OH is 1. The van der Waals surface area contributed by atoms with Crippen LogP contribution in [0.1, 0.15) is 55.3 Å². The lowest BCUT2D eigenvalue weighted by Gasteiger charge is -2.48. The second kappa shape index (κ2) is 14.2. The molecule has 252 valence electrons. The number of aliphatic hydroxyl groups is 2. The highest BCUT2D eigenvalue weighted by Gasteiger charge is 2.68. The van der Waals surface area contributed by atoms with E-state index >= 15 is 0 Å². The third kappa shape index (κ3) is 6.32. The van der Waals surface area contributed by atoms with E-state index in [2.05, 4.69) is 5.32 Å². The fourth-order valence-electron chi connectivity index (χ4n) is 7.13. The molecule has 3 aromatic carbocycles. The number of amides is 3. The SMILES string of the molecule is CCO[C@]1(N2CC(C)(C(OC)c3ccccc3)C(=O)NC2=O)C[C@@](O)(C(OC)c2ccccc2)[C@@H](C(O)C(OC)c2ccccc2)O1. The molecule has 5 unspecified atom stereocenters. The molecule has 0 saturated carbocycles. The van der Waals surface area contributed by atoms with Gasteiger partial charge in [-0.25, -0.2) is 4.79 Å². The molecule has 3 amide bonds. The Morgan fingerprint density at radius 1 is 0.851 bits per heavy atom. The summed E-state index contributed by atoms with van der Waals surface area (Å²) in [5.41, 5.74) is -1.29. The average molecular weight is 649 g/mol. The fourth-order valence-corrected chi connectivity index (χ4v) is 7.13. The van der Waals surface area contributed by atoms with E-state index in [1.165, 1.54) is 26.2 Å². The van der Waals surface area contributed by atoms with E-state index in [-0.39, 0.29) is 19.6 Å². The van der Waals surface area contributed by atoms with Crippen LogP contribution in [-0.2, 0) is 28.5 Å². The van der Waals surface area contributed by atoms with Crippen molar-refractivity contribution < 1.29 is 43.5 Å². The van der Waals surface area contributed by atoms with Gasteiger partial charge in [-0.05, 0) is 30.5 Å². The highest BCUT2D eigenvalue weighted by Crippen LogP contribution is 2.53. The molecule has 2 aliphatic heterocycles. The topological polar surface area (TPSA) is 136 Å². The monoisotopic (exact) mass is 648 g/mol. The minimum atomic E-state index is -1.98. The van der Waals surface area contributed by atoms with Crippen molar-refractivity contribution in [2.24, 2.45) is 5.41 Å². The second-order valence-electron chi connectivity index (χ2n) is 12.2. The van der Waals surface area contributed by atoms with Gasteiger partial charge in [-0.2, -0.15) is 0 Å². The third-order valence-electron chi connectivity index (χ3n) is 9.27. The van der Waals surface area contributed by atoms with Gasteiger partial charge in [0.1, 0.15) is 30.0 Å². The van der Waals surface area contributed by atoms with Gasteiger partial charge in [0.15, 0.2) is 0 Å². The maximum Gasteiger partial charge on any atom is 0.328 e. The number of ether oxygens (including phenoxy) is 5. The molecule has 3 aromatic rings. The summed E-state index contributed by atoms with van der Waals surface area (Å²) in [5.74, 6) is -2.48. The number of benzene rings is 3. The maximum atomic E-state index is 13.8.